The first kappa shape index (κ1) is 22.6. The Labute approximate surface area is 188 Å². The van der Waals surface area contributed by atoms with E-state index >= 15 is 0 Å². The van der Waals surface area contributed by atoms with Crippen LogP contribution < -0.4 is 20.8 Å². The van der Waals surface area contributed by atoms with Crippen molar-refractivity contribution in [3.63, 3.8) is 0 Å². The summed E-state index contributed by atoms with van der Waals surface area (Å²) in [5, 5.41) is 37.4. The van der Waals surface area contributed by atoms with Gasteiger partial charge >= 0.3 is 0 Å². The Morgan fingerprint density at radius 1 is 1.31 bits per heavy atom. The van der Waals surface area contributed by atoms with E-state index in [-0.39, 0.29) is 39.1 Å². The number of aromatic nitrogens is 3. The van der Waals surface area contributed by atoms with E-state index in [0.29, 0.717) is 5.69 Å². The molecule has 10 nitrogen and oxygen atoms in total. The first-order valence-corrected chi connectivity index (χ1v) is 10.3. The number of rotatable bonds is 5. The molecule has 3 rings (SSSR count). The third kappa shape index (κ3) is 4.06. The Bertz CT molecular complexity index is 1280. The number of nitrogens with one attached hydrogen (secondary N) is 1. The number of pyridine rings is 1. The lowest BCUT2D eigenvalue weighted by molar-refractivity contribution is -0.730. The summed E-state index contributed by atoms with van der Waals surface area (Å²) in [5.74, 6) is -1.31. The molecule has 3 N–H and O–H groups in total. The third-order valence-corrected chi connectivity index (χ3v) is 6.02. The van der Waals surface area contributed by atoms with E-state index in [1.165, 1.54) is 7.05 Å². The first-order valence-electron chi connectivity index (χ1n) is 9.40. The lowest BCUT2D eigenvalue weighted by Crippen LogP contribution is -2.32. The van der Waals surface area contributed by atoms with Crippen molar-refractivity contribution in [3.05, 3.63) is 40.5 Å². The molecule has 0 aliphatic carbocycles. The topological polar surface area (TPSA) is 169 Å². The van der Waals surface area contributed by atoms with Gasteiger partial charge in [-0.15, -0.1) is 0 Å². The van der Waals surface area contributed by atoms with Gasteiger partial charge in [0.25, 0.3) is 5.69 Å². The van der Waals surface area contributed by atoms with Crippen molar-refractivity contribution in [2.24, 2.45) is 7.05 Å². The molecule has 0 aliphatic rings. The van der Waals surface area contributed by atoms with E-state index in [9.17, 15) is 20.4 Å². The van der Waals surface area contributed by atoms with Crippen LogP contribution >= 0.6 is 11.8 Å². The van der Waals surface area contributed by atoms with Crippen LogP contribution in [0.2, 0.25) is 0 Å². The summed E-state index contributed by atoms with van der Waals surface area (Å²) in [4.78, 5) is 17.0. The van der Waals surface area contributed by atoms with Crippen LogP contribution in [0.3, 0.4) is 0 Å². The average Bonchev–Trinajstić information content (AvgIpc) is 3.08. The summed E-state index contributed by atoms with van der Waals surface area (Å²) in [6.07, 6.45) is 0. The second kappa shape index (κ2) is 8.96. The molecule has 1 atom stereocenters. The number of hydrogen-bond acceptors (Lipinski definition) is 9. The number of thioether (sulfide) groups is 1. The zero-order valence-electron chi connectivity index (χ0n) is 17.8. The van der Waals surface area contributed by atoms with Gasteiger partial charge in [0.2, 0.25) is 5.91 Å². The van der Waals surface area contributed by atoms with Crippen molar-refractivity contribution in [2.75, 3.05) is 11.1 Å². The second-order valence-corrected chi connectivity index (χ2v) is 8.31. The number of amides is 1. The lowest BCUT2D eigenvalue weighted by atomic mass is 10.0. The third-order valence-electron chi connectivity index (χ3n) is 4.94. The summed E-state index contributed by atoms with van der Waals surface area (Å²) in [6.45, 7) is 5.51. The zero-order valence-corrected chi connectivity index (χ0v) is 18.6. The second-order valence-electron chi connectivity index (χ2n) is 6.98. The highest BCUT2D eigenvalue weighted by Gasteiger charge is 2.30. The number of benzene rings is 1. The molecule has 1 unspecified atom stereocenters. The summed E-state index contributed by atoms with van der Waals surface area (Å²) in [5.41, 5.74) is 8.28. The van der Waals surface area contributed by atoms with Crippen molar-refractivity contribution in [3.8, 4) is 29.3 Å². The SMILES string of the molecule is Cc1cccc(NC(=O)C(C)Sc2nc(N)c(C#N)c(-c3c([O-])on[n+]3C)c2C#N)c1C. The minimum Gasteiger partial charge on any atom is -0.539 e. The average molecular weight is 449 g/mol. The molecular weight excluding hydrogens is 430 g/mol. The van der Waals surface area contributed by atoms with Crippen molar-refractivity contribution in [2.45, 2.75) is 31.0 Å². The van der Waals surface area contributed by atoms with Crippen LogP contribution in [0.4, 0.5) is 11.5 Å². The molecule has 0 saturated heterocycles. The quantitative estimate of drug-likeness (QED) is 0.435. The highest BCUT2D eigenvalue weighted by Crippen LogP contribution is 2.38. The highest BCUT2D eigenvalue weighted by atomic mass is 32.2. The van der Waals surface area contributed by atoms with Gasteiger partial charge in [-0.3, -0.25) is 4.79 Å². The largest absolute Gasteiger partial charge is 0.539 e. The summed E-state index contributed by atoms with van der Waals surface area (Å²) >= 11 is 0.991. The van der Waals surface area contributed by atoms with E-state index in [4.69, 9.17) is 5.73 Å². The number of nitrogens with zero attached hydrogens (tertiary/aromatic N) is 5. The van der Waals surface area contributed by atoms with Crippen molar-refractivity contribution in [1.29, 1.82) is 10.5 Å². The van der Waals surface area contributed by atoms with Gasteiger partial charge < -0.3 is 20.7 Å². The van der Waals surface area contributed by atoms with Gasteiger partial charge in [0.15, 0.2) is 13.0 Å². The van der Waals surface area contributed by atoms with Gasteiger partial charge in [-0.2, -0.15) is 10.5 Å². The molecular formula is C21H19N7O3S. The Kier molecular flexibility index (Phi) is 6.32. The minimum atomic E-state index is -0.831. The van der Waals surface area contributed by atoms with Crippen molar-refractivity contribution >= 4 is 29.2 Å². The van der Waals surface area contributed by atoms with Gasteiger partial charge in [0, 0.05) is 5.69 Å². The maximum absolute atomic E-state index is 12.8. The van der Waals surface area contributed by atoms with Gasteiger partial charge in [-0.1, -0.05) is 28.6 Å². The van der Waals surface area contributed by atoms with Gasteiger partial charge in [0.1, 0.15) is 28.5 Å². The van der Waals surface area contributed by atoms with Gasteiger partial charge in [-0.25, -0.2) is 4.98 Å². The summed E-state index contributed by atoms with van der Waals surface area (Å²) in [6, 6.07) is 9.45. The van der Waals surface area contributed by atoms with E-state index < -0.39 is 11.2 Å². The zero-order chi connectivity index (χ0) is 23.6. The van der Waals surface area contributed by atoms with Crippen molar-refractivity contribution in [1.82, 2.24) is 10.3 Å². The van der Waals surface area contributed by atoms with Crippen LogP contribution in [0.25, 0.3) is 11.3 Å². The number of nitriles is 2. The monoisotopic (exact) mass is 449 g/mol. The molecule has 0 saturated carbocycles. The molecule has 1 amide bonds. The first-order chi connectivity index (χ1) is 15.2. The number of anilines is 2. The van der Waals surface area contributed by atoms with Crippen LogP contribution in [-0.4, -0.2) is 21.4 Å². The number of nitrogens with two attached hydrogens (primary N) is 1. The predicted molar refractivity (Wildman–Crippen MR) is 114 cm³/mol. The number of carbonyl (C=O) groups is 1. The fraction of sp³-hybridized carbons (Fsp3) is 0.238. The maximum Gasteiger partial charge on any atom is 0.266 e. The number of hydrogen-bond donors (Lipinski definition) is 2. The van der Waals surface area contributed by atoms with Crippen molar-refractivity contribution < 1.29 is 19.1 Å². The summed E-state index contributed by atoms with van der Waals surface area (Å²) in [7, 11) is 1.44. The van der Waals surface area contributed by atoms with Gasteiger partial charge in [-0.05, 0) is 38.0 Å². The standard InChI is InChI=1S/C21H19N7O3S/c1-10-6-5-7-15(11(10)2)25-19(29)12(3)32-20-14(9-23)16(13(8-22)18(24)26-20)17-21(30)31-27-28(17)4/h5-7,12H,1-4H3,(H3-,24,25,26,27,29,30). The number of nitrogen functional groups attached to an aromatic ring is 1. The van der Waals surface area contributed by atoms with Crippen LogP contribution in [-0.2, 0) is 11.8 Å². The fourth-order valence-electron chi connectivity index (χ4n) is 3.04. The van der Waals surface area contributed by atoms with Crippen LogP contribution in [0.15, 0.2) is 27.7 Å². The number of carbonyl (C=O) groups excluding carboxylic acids is 1. The molecule has 2 heterocycles. The molecule has 11 heteroatoms. The Morgan fingerprint density at radius 2 is 2.00 bits per heavy atom. The molecule has 0 spiro atoms. The van der Waals surface area contributed by atoms with E-state index in [0.717, 1.165) is 27.6 Å². The molecule has 2 aromatic heterocycles. The molecule has 32 heavy (non-hydrogen) atoms. The van der Waals surface area contributed by atoms with Gasteiger partial charge in [0.05, 0.1) is 21.6 Å². The normalized spacial score (nSPS) is 11.4. The number of aryl methyl sites for hydroxylation is 2. The minimum absolute atomic E-state index is 0.0270. The summed E-state index contributed by atoms with van der Waals surface area (Å²) < 4.78 is 5.76. The maximum atomic E-state index is 12.8. The fourth-order valence-corrected chi connectivity index (χ4v) is 3.96. The Hall–Kier alpha value is -4.09. The highest BCUT2D eigenvalue weighted by molar-refractivity contribution is 8.00. The van der Waals surface area contributed by atoms with Crippen LogP contribution in [0.1, 0.15) is 29.2 Å². The Balaban J connectivity index is 2.02. The lowest BCUT2D eigenvalue weighted by Gasteiger charge is -2.16. The molecule has 0 fully saturated rings. The van der Waals surface area contributed by atoms with Crippen LogP contribution in [0.5, 0.6) is 5.95 Å². The smallest absolute Gasteiger partial charge is 0.266 e. The predicted octanol–water partition coefficient (Wildman–Crippen LogP) is 1.70. The van der Waals surface area contributed by atoms with E-state index in [2.05, 4.69) is 20.1 Å². The van der Waals surface area contributed by atoms with E-state index in [1.807, 2.05) is 38.1 Å². The molecule has 162 valence electrons. The molecule has 3 aromatic rings. The van der Waals surface area contributed by atoms with Crippen LogP contribution in [0, 0.1) is 36.5 Å². The molecule has 0 bridgehead atoms. The van der Waals surface area contributed by atoms with E-state index in [1.54, 1.807) is 13.0 Å². The Morgan fingerprint density at radius 3 is 2.59 bits per heavy atom. The molecule has 1 aromatic carbocycles. The molecule has 0 radical (unpaired) electrons. The molecule has 0 aliphatic heterocycles.